The Morgan fingerprint density at radius 1 is 1.16 bits per heavy atom. The van der Waals surface area contributed by atoms with E-state index in [0.717, 1.165) is 0 Å². The molecule has 0 unspecified atom stereocenters. The van der Waals surface area contributed by atoms with Gasteiger partial charge in [-0.25, -0.2) is 0 Å². The second-order valence-electron chi connectivity index (χ2n) is 3.66. The van der Waals surface area contributed by atoms with Gasteiger partial charge in [-0.2, -0.15) is 0 Å². The van der Waals surface area contributed by atoms with Crippen molar-refractivity contribution in [3.63, 3.8) is 0 Å². The summed E-state index contributed by atoms with van der Waals surface area (Å²) in [4.78, 5) is 23.2. The fourth-order valence-corrected chi connectivity index (χ4v) is 1.55. The van der Waals surface area contributed by atoms with Crippen LogP contribution in [0.25, 0.3) is 0 Å². The molecule has 0 saturated carbocycles. The summed E-state index contributed by atoms with van der Waals surface area (Å²) in [5.74, 6) is -0.545. The van der Waals surface area contributed by atoms with Gasteiger partial charge in [0.15, 0.2) is 0 Å². The summed E-state index contributed by atoms with van der Waals surface area (Å²) in [6.45, 7) is 0.632. The maximum atomic E-state index is 11.9. The highest BCUT2D eigenvalue weighted by atomic mass is 16.5. The molecule has 19 heavy (non-hydrogen) atoms. The summed E-state index contributed by atoms with van der Waals surface area (Å²) in [5.41, 5.74) is 10.9. The second-order valence-corrected chi connectivity index (χ2v) is 3.66. The topological polar surface area (TPSA) is 117 Å². The lowest BCUT2D eigenvalue weighted by Gasteiger charge is -2.13. The Morgan fingerprint density at radius 3 is 2.21 bits per heavy atom. The maximum Gasteiger partial charge on any atom is 0.255 e. The monoisotopic (exact) mass is 267 g/mol. The van der Waals surface area contributed by atoms with Crippen LogP contribution in [0, 0.1) is 0 Å². The van der Waals surface area contributed by atoms with Crippen LogP contribution < -0.4 is 26.3 Å². The molecule has 7 nitrogen and oxygen atoms in total. The average molecular weight is 267 g/mol. The fourth-order valence-electron chi connectivity index (χ4n) is 1.55. The van der Waals surface area contributed by atoms with Gasteiger partial charge in [0.2, 0.25) is 0 Å². The van der Waals surface area contributed by atoms with Crippen LogP contribution in [0.2, 0.25) is 0 Å². The van der Waals surface area contributed by atoms with Gasteiger partial charge in [0.25, 0.3) is 11.8 Å². The van der Waals surface area contributed by atoms with Crippen molar-refractivity contribution >= 4 is 11.8 Å². The SMILES string of the molecule is COc1cc(OC)c(C(=O)NCCN)cc1C(N)=O. The molecule has 0 saturated heterocycles. The van der Waals surface area contributed by atoms with Crippen LogP contribution in [-0.2, 0) is 0 Å². The van der Waals surface area contributed by atoms with Crippen molar-refractivity contribution < 1.29 is 19.1 Å². The number of nitrogens with one attached hydrogen (secondary N) is 1. The zero-order valence-corrected chi connectivity index (χ0v) is 10.9. The molecule has 0 bridgehead atoms. The third-order valence-corrected chi connectivity index (χ3v) is 2.46. The van der Waals surface area contributed by atoms with Gasteiger partial charge in [-0.05, 0) is 6.07 Å². The van der Waals surface area contributed by atoms with Gasteiger partial charge in [-0.1, -0.05) is 0 Å². The Hall–Kier alpha value is -2.28. The predicted molar refractivity (Wildman–Crippen MR) is 69.5 cm³/mol. The Balaban J connectivity index is 3.25. The van der Waals surface area contributed by atoms with Gasteiger partial charge in [0.05, 0.1) is 25.3 Å². The summed E-state index contributed by atoms with van der Waals surface area (Å²) >= 11 is 0. The van der Waals surface area contributed by atoms with Crippen LogP contribution in [0.5, 0.6) is 11.5 Å². The zero-order valence-electron chi connectivity index (χ0n) is 10.9. The molecule has 0 heterocycles. The molecule has 1 aromatic rings. The highest BCUT2D eigenvalue weighted by Gasteiger charge is 2.19. The molecule has 104 valence electrons. The van der Waals surface area contributed by atoms with E-state index in [1.807, 2.05) is 0 Å². The number of nitrogens with two attached hydrogens (primary N) is 2. The first-order chi connectivity index (χ1) is 9.04. The van der Waals surface area contributed by atoms with Crippen molar-refractivity contribution in [1.82, 2.24) is 5.32 Å². The van der Waals surface area contributed by atoms with Crippen molar-refractivity contribution in [2.75, 3.05) is 27.3 Å². The molecule has 7 heteroatoms. The Kier molecular flexibility index (Phi) is 5.13. The third kappa shape index (κ3) is 3.35. The van der Waals surface area contributed by atoms with Crippen molar-refractivity contribution in [3.05, 3.63) is 23.3 Å². The summed E-state index contributed by atoms with van der Waals surface area (Å²) in [6.07, 6.45) is 0. The number of carbonyl (C=O) groups is 2. The van der Waals surface area contributed by atoms with Gasteiger partial charge >= 0.3 is 0 Å². The zero-order chi connectivity index (χ0) is 14.4. The average Bonchev–Trinajstić information content (AvgIpc) is 2.42. The molecular weight excluding hydrogens is 250 g/mol. The maximum absolute atomic E-state index is 11.9. The van der Waals surface area contributed by atoms with Crippen molar-refractivity contribution in [2.24, 2.45) is 11.5 Å². The Bertz CT molecular complexity index is 488. The first-order valence-corrected chi connectivity index (χ1v) is 5.59. The molecule has 0 radical (unpaired) electrons. The van der Waals surface area contributed by atoms with Crippen LogP contribution in [0.4, 0.5) is 0 Å². The normalized spacial score (nSPS) is 9.84. The fraction of sp³-hybridized carbons (Fsp3) is 0.333. The molecule has 2 amide bonds. The summed E-state index contributed by atoms with van der Waals surface area (Å²) in [6, 6.07) is 2.78. The van der Waals surface area contributed by atoms with Gasteiger partial charge in [0, 0.05) is 19.2 Å². The van der Waals surface area contributed by atoms with E-state index in [1.54, 1.807) is 0 Å². The number of amides is 2. The first-order valence-electron chi connectivity index (χ1n) is 5.59. The number of rotatable bonds is 6. The Labute approximate surface area is 110 Å². The predicted octanol–water partition coefficient (Wildman–Crippen LogP) is -0.509. The Morgan fingerprint density at radius 2 is 1.74 bits per heavy atom. The molecule has 1 aromatic carbocycles. The number of methoxy groups -OCH3 is 2. The highest BCUT2D eigenvalue weighted by Crippen LogP contribution is 2.28. The number of benzene rings is 1. The van der Waals surface area contributed by atoms with E-state index in [-0.39, 0.29) is 22.6 Å². The van der Waals surface area contributed by atoms with Crippen molar-refractivity contribution in [1.29, 1.82) is 0 Å². The molecule has 0 spiro atoms. The number of hydrogen-bond donors (Lipinski definition) is 3. The van der Waals surface area contributed by atoms with E-state index in [4.69, 9.17) is 20.9 Å². The molecule has 0 aliphatic carbocycles. The van der Waals surface area contributed by atoms with Crippen LogP contribution in [0.3, 0.4) is 0 Å². The van der Waals surface area contributed by atoms with E-state index in [1.165, 1.54) is 26.4 Å². The molecule has 0 aromatic heterocycles. The largest absolute Gasteiger partial charge is 0.496 e. The highest BCUT2D eigenvalue weighted by molar-refractivity contribution is 6.02. The van der Waals surface area contributed by atoms with Crippen molar-refractivity contribution in [2.45, 2.75) is 0 Å². The molecule has 0 atom stereocenters. The van der Waals surface area contributed by atoms with Crippen LogP contribution >= 0.6 is 0 Å². The lowest BCUT2D eigenvalue weighted by Crippen LogP contribution is -2.29. The van der Waals surface area contributed by atoms with Crippen LogP contribution in [0.1, 0.15) is 20.7 Å². The third-order valence-electron chi connectivity index (χ3n) is 2.46. The number of primary amides is 1. The summed E-state index contributed by atoms with van der Waals surface area (Å²) in [5, 5.41) is 2.59. The van der Waals surface area contributed by atoms with E-state index in [2.05, 4.69) is 5.32 Å². The van der Waals surface area contributed by atoms with E-state index in [9.17, 15) is 9.59 Å². The minimum absolute atomic E-state index is 0.112. The van der Waals surface area contributed by atoms with Crippen LogP contribution in [-0.4, -0.2) is 39.1 Å². The van der Waals surface area contributed by atoms with Gasteiger partial charge in [-0.15, -0.1) is 0 Å². The molecule has 5 N–H and O–H groups in total. The molecule has 0 aliphatic rings. The smallest absolute Gasteiger partial charge is 0.255 e. The quantitative estimate of drug-likeness (QED) is 0.642. The minimum atomic E-state index is -0.688. The number of carbonyl (C=O) groups excluding carboxylic acids is 2. The summed E-state index contributed by atoms with van der Waals surface area (Å²) < 4.78 is 10.1. The standard InChI is InChI=1S/C12H17N3O4/c1-18-9-6-10(19-2)8(5-7(9)11(14)16)12(17)15-4-3-13/h5-6H,3-4,13H2,1-2H3,(H2,14,16)(H,15,17). The van der Waals surface area contributed by atoms with E-state index >= 15 is 0 Å². The van der Waals surface area contributed by atoms with Crippen molar-refractivity contribution in [3.8, 4) is 11.5 Å². The lowest BCUT2D eigenvalue weighted by atomic mass is 10.1. The number of hydrogen-bond acceptors (Lipinski definition) is 5. The molecule has 0 fully saturated rings. The van der Waals surface area contributed by atoms with E-state index < -0.39 is 11.8 Å². The molecule has 0 aliphatic heterocycles. The lowest BCUT2D eigenvalue weighted by molar-refractivity contribution is 0.0951. The van der Waals surface area contributed by atoms with Gasteiger partial charge in [-0.3, -0.25) is 9.59 Å². The van der Waals surface area contributed by atoms with E-state index in [0.29, 0.717) is 13.1 Å². The first kappa shape index (κ1) is 14.8. The molecular formula is C12H17N3O4. The van der Waals surface area contributed by atoms with Gasteiger partial charge in [0.1, 0.15) is 11.5 Å². The molecule has 1 rings (SSSR count). The second kappa shape index (κ2) is 6.60. The van der Waals surface area contributed by atoms with Crippen LogP contribution in [0.15, 0.2) is 12.1 Å². The summed E-state index contributed by atoms with van der Waals surface area (Å²) in [7, 11) is 2.81. The minimum Gasteiger partial charge on any atom is -0.496 e. The number of ether oxygens (including phenoxy) is 2. The van der Waals surface area contributed by atoms with Gasteiger partial charge < -0.3 is 26.3 Å².